The van der Waals surface area contributed by atoms with Crippen LogP contribution >= 0.6 is 22.9 Å². The lowest BCUT2D eigenvalue weighted by atomic mass is 10.0. The van der Waals surface area contributed by atoms with Crippen molar-refractivity contribution in [2.24, 2.45) is 5.73 Å². The first-order valence-corrected chi connectivity index (χ1v) is 9.22. The van der Waals surface area contributed by atoms with Gasteiger partial charge in [0.25, 0.3) is 0 Å². The molecule has 0 bridgehead atoms. The Kier molecular flexibility index (Phi) is 6.10. The van der Waals surface area contributed by atoms with Crippen LogP contribution in [0, 0.1) is 0 Å². The summed E-state index contributed by atoms with van der Waals surface area (Å²) in [7, 11) is 0. The average molecular weight is 406 g/mol. The SMILES string of the molecule is NC(=O)N[C@@H](CC(=O)OCc1coc(-c2cccs2)n1)c1ccc(Cl)cc1. The lowest BCUT2D eigenvalue weighted by molar-refractivity contribution is -0.145. The van der Waals surface area contributed by atoms with Gasteiger partial charge in [0.15, 0.2) is 0 Å². The van der Waals surface area contributed by atoms with Gasteiger partial charge in [-0.25, -0.2) is 9.78 Å². The van der Waals surface area contributed by atoms with Crippen molar-refractivity contribution >= 4 is 34.9 Å². The van der Waals surface area contributed by atoms with Crippen molar-refractivity contribution in [2.75, 3.05) is 0 Å². The van der Waals surface area contributed by atoms with Gasteiger partial charge >= 0.3 is 12.0 Å². The van der Waals surface area contributed by atoms with Gasteiger partial charge in [0.05, 0.1) is 17.3 Å². The maximum absolute atomic E-state index is 12.2. The van der Waals surface area contributed by atoms with Crippen LogP contribution in [0.25, 0.3) is 10.8 Å². The molecule has 0 aliphatic heterocycles. The molecule has 1 aromatic carbocycles. The van der Waals surface area contributed by atoms with E-state index in [9.17, 15) is 9.59 Å². The van der Waals surface area contributed by atoms with Crippen LogP contribution in [-0.4, -0.2) is 17.0 Å². The largest absolute Gasteiger partial charge is 0.459 e. The van der Waals surface area contributed by atoms with Crippen LogP contribution in [0.1, 0.15) is 23.7 Å². The predicted molar refractivity (Wildman–Crippen MR) is 101 cm³/mol. The molecule has 0 saturated heterocycles. The molecule has 0 aliphatic rings. The Balaban J connectivity index is 1.59. The first-order chi connectivity index (χ1) is 13.0. The summed E-state index contributed by atoms with van der Waals surface area (Å²) in [5.74, 6) is -0.0325. The van der Waals surface area contributed by atoms with Gasteiger partial charge in [-0.2, -0.15) is 0 Å². The Morgan fingerprint density at radius 2 is 2.07 bits per heavy atom. The summed E-state index contributed by atoms with van der Waals surface area (Å²) in [5.41, 5.74) is 6.39. The zero-order chi connectivity index (χ0) is 19.2. The molecule has 2 heterocycles. The molecule has 3 rings (SSSR count). The molecule has 1 atom stereocenters. The molecule has 0 unspecified atom stereocenters. The van der Waals surface area contributed by atoms with E-state index in [0.717, 1.165) is 4.88 Å². The highest BCUT2D eigenvalue weighted by molar-refractivity contribution is 7.13. The number of urea groups is 1. The number of rotatable bonds is 7. The van der Waals surface area contributed by atoms with Crippen LogP contribution < -0.4 is 11.1 Å². The van der Waals surface area contributed by atoms with Gasteiger partial charge in [0.1, 0.15) is 18.6 Å². The van der Waals surface area contributed by atoms with E-state index < -0.39 is 18.0 Å². The van der Waals surface area contributed by atoms with Crippen LogP contribution in [0.4, 0.5) is 4.79 Å². The van der Waals surface area contributed by atoms with Crippen molar-refractivity contribution in [1.82, 2.24) is 10.3 Å². The molecule has 0 saturated carbocycles. The number of nitrogens with one attached hydrogen (secondary N) is 1. The van der Waals surface area contributed by atoms with E-state index in [1.165, 1.54) is 17.6 Å². The number of nitrogens with zero attached hydrogens (tertiary/aromatic N) is 1. The number of amides is 2. The molecule has 0 aliphatic carbocycles. The zero-order valence-corrected chi connectivity index (χ0v) is 15.6. The maximum Gasteiger partial charge on any atom is 0.312 e. The number of carbonyl (C=O) groups excluding carboxylic acids is 2. The van der Waals surface area contributed by atoms with Crippen molar-refractivity contribution < 1.29 is 18.7 Å². The van der Waals surface area contributed by atoms with Crippen LogP contribution in [0.3, 0.4) is 0 Å². The molecule has 0 spiro atoms. The minimum absolute atomic E-state index is 0.0301. The summed E-state index contributed by atoms with van der Waals surface area (Å²) >= 11 is 7.37. The van der Waals surface area contributed by atoms with Gasteiger partial charge in [-0.05, 0) is 29.1 Å². The third kappa shape index (κ3) is 5.32. The smallest absolute Gasteiger partial charge is 0.312 e. The lowest BCUT2D eigenvalue weighted by Gasteiger charge is -2.17. The number of carbonyl (C=O) groups is 2. The molecule has 0 radical (unpaired) electrons. The van der Waals surface area contributed by atoms with Crippen LogP contribution in [0.2, 0.25) is 5.02 Å². The van der Waals surface area contributed by atoms with Crippen LogP contribution in [0.5, 0.6) is 0 Å². The molecule has 9 heteroatoms. The highest BCUT2D eigenvalue weighted by atomic mass is 35.5. The van der Waals surface area contributed by atoms with E-state index >= 15 is 0 Å². The third-order valence-electron chi connectivity index (χ3n) is 3.62. The number of oxazole rings is 1. The van der Waals surface area contributed by atoms with Crippen molar-refractivity contribution in [1.29, 1.82) is 0 Å². The van der Waals surface area contributed by atoms with Crippen molar-refractivity contribution in [3.05, 3.63) is 64.3 Å². The highest BCUT2D eigenvalue weighted by Crippen LogP contribution is 2.24. The first kappa shape index (κ1) is 18.9. The predicted octanol–water partition coefficient (Wildman–Crippen LogP) is 3.90. The number of ether oxygens (including phenoxy) is 1. The second kappa shape index (κ2) is 8.70. The van der Waals surface area contributed by atoms with Crippen molar-refractivity contribution in [3.63, 3.8) is 0 Å². The van der Waals surface area contributed by atoms with Gasteiger partial charge in [0, 0.05) is 5.02 Å². The summed E-state index contributed by atoms with van der Waals surface area (Å²) < 4.78 is 10.6. The summed E-state index contributed by atoms with van der Waals surface area (Å²) in [4.78, 5) is 28.6. The Morgan fingerprint density at radius 1 is 1.30 bits per heavy atom. The van der Waals surface area contributed by atoms with Crippen molar-refractivity contribution in [2.45, 2.75) is 19.1 Å². The number of hydrogen-bond acceptors (Lipinski definition) is 6. The standard InChI is InChI=1S/C18H16ClN3O4S/c19-12-5-3-11(4-6-12)14(22-18(20)24)8-16(23)25-9-13-10-26-17(21-13)15-2-1-7-27-15/h1-7,10,14H,8-9H2,(H3,20,22,24)/t14-/m0/s1. The van der Waals surface area contributed by atoms with E-state index in [1.54, 1.807) is 24.3 Å². The van der Waals surface area contributed by atoms with Crippen LogP contribution in [0.15, 0.2) is 52.5 Å². The summed E-state index contributed by atoms with van der Waals surface area (Å²) in [6.07, 6.45) is 1.36. The Labute approximate surface area is 164 Å². The fourth-order valence-electron chi connectivity index (χ4n) is 2.39. The normalized spacial score (nSPS) is 11.7. The monoisotopic (exact) mass is 405 g/mol. The van der Waals surface area contributed by atoms with Gasteiger partial charge in [-0.15, -0.1) is 11.3 Å². The second-order valence-electron chi connectivity index (χ2n) is 5.60. The fraction of sp³-hybridized carbons (Fsp3) is 0.167. The molecule has 7 nitrogen and oxygen atoms in total. The molecular weight excluding hydrogens is 390 g/mol. The number of nitrogens with two attached hydrogens (primary N) is 1. The molecule has 2 amide bonds. The van der Waals surface area contributed by atoms with Gasteiger partial charge in [-0.1, -0.05) is 29.8 Å². The van der Waals surface area contributed by atoms with E-state index in [4.69, 9.17) is 26.5 Å². The number of esters is 1. The average Bonchev–Trinajstić information content (AvgIpc) is 3.31. The number of hydrogen-bond donors (Lipinski definition) is 2. The van der Waals surface area contributed by atoms with E-state index in [0.29, 0.717) is 22.2 Å². The Bertz CT molecular complexity index is 909. The number of benzene rings is 1. The molecule has 0 fully saturated rings. The minimum Gasteiger partial charge on any atom is -0.459 e. The molecule has 3 N–H and O–H groups in total. The minimum atomic E-state index is -0.736. The number of primary amides is 1. The highest BCUT2D eigenvalue weighted by Gasteiger charge is 2.19. The van der Waals surface area contributed by atoms with Crippen molar-refractivity contribution in [3.8, 4) is 10.8 Å². The molecule has 3 aromatic rings. The molecule has 140 valence electrons. The fourth-order valence-corrected chi connectivity index (χ4v) is 3.17. The van der Waals surface area contributed by atoms with Crippen LogP contribution in [-0.2, 0) is 16.1 Å². The third-order valence-corrected chi connectivity index (χ3v) is 4.73. The van der Waals surface area contributed by atoms with Gasteiger partial charge in [0.2, 0.25) is 5.89 Å². The molecule has 2 aromatic heterocycles. The zero-order valence-electron chi connectivity index (χ0n) is 14.1. The number of aromatic nitrogens is 1. The van der Waals surface area contributed by atoms with E-state index in [-0.39, 0.29) is 13.0 Å². The van der Waals surface area contributed by atoms with Gasteiger partial charge < -0.3 is 20.2 Å². The first-order valence-electron chi connectivity index (χ1n) is 7.96. The molecular formula is C18H16ClN3O4S. The number of thiophene rings is 1. The molecule has 27 heavy (non-hydrogen) atoms. The van der Waals surface area contributed by atoms with Gasteiger partial charge in [-0.3, -0.25) is 4.79 Å². The topological polar surface area (TPSA) is 107 Å². The van der Waals surface area contributed by atoms with E-state index in [2.05, 4.69) is 10.3 Å². The summed E-state index contributed by atoms with van der Waals surface area (Å²) in [6.45, 7) is -0.0301. The number of halogens is 1. The quantitative estimate of drug-likeness (QED) is 0.579. The Morgan fingerprint density at radius 3 is 2.74 bits per heavy atom. The second-order valence-corrected chi connectivity index (χ2v) is 6.98. The maximum atomic E-state index is 12.2. The summed E-state index contributed by atoms with van der Waals surface area (Å²) in [6, 6.07) is 9.18. The van der Waals surface area contributed by atoms with E-state index in [1.807, 2.05) is 17.5 Å². The Hall–Kier alpha value is -2.84. The summed E-state index contributed by atoms with van der Waals surface area (Å²) in [5, 5.41) is 5.00. The lowest BCUT2D eigenvalue weighted by Crippen LogP contribution is -2.34.